The van der Waals surface area contributed by atoms with Crippen LogP contribution in [-0.4, -0.2) is 20.5 Å². The number of hydrogen-bond acceptors (Lipinski definition) is 5. The first-order valence-electron chi connectivity index (χ1n) is 7.93. The van der Waals surface area contributed by atoms with Crippen molar-refractivity contribution in [3.63, 3.8) is 0 Å². The van der Waals surface area contributed by atoms with Gasteiger partial charge in [-0.15, -0.1) is 0 Å². The van der Waals surface area contributed by atoms with E-state index in [9.17, 15) is 8.42 Å². The van der Waals surface area contributed by atoms with E-state index in [4.69, 9.17) is 4.74 Å². The van der Waals surface area contributed by atoms with Gasteiger partial charge in [-0.1, -0.05) is 12.1 Å². The molecule has 0 bridgehead atoms. The topological polar surface area (TPSA) is 80.3 Å². The molecule has 0 saturated carbocycles. The fraction of sp³-hybridized carbons (Fsp3) is 0.105. The molecule has 1 aromatic heterocycles. The van der Waals surface area contributed by atoms with Crippen LogP contribution in [0.5, 0.6) is 5.75 Å². The van der Waals surface area contributed by atoms with Crippen molar-refractivity contribution in [3.05, 3.63) is 72.4 Å². The number of benzene rings is 2. The van der Waals surface area contributed by atoms with Gasteiger partial charge < -0.3 is 10.1 Å². The highest BCUT2D eigenvalue weighted by Crippen LogP contribution is 2.21. The molecule has 134 valence electrons. The highest BCUT2D eigenvalue weighted by atomic mass is 32.2. The lowest BCUT2D eigenvalue weighted by molar-refractivity contribution is 0.414. The van der Waals surface area contributed by atoms with Crippen LogP contribution in [0.15, 0.2) is 71.8 Å². The summed E-state index contributed by atoms with van der Waals surface area (Å²) in [4.78, 5) is 4.40. The second kappa shape index (κ2) is 7.45. The number of anilines is 3. The summed E-state index contributed by atoms with van der Waals surface area (Å²) in [6, 6.07) is 17.5. The van der Waals surface area contributed by atoms with Gasteiger partial charge in [0.05, 0.1) is 23.9 Å². The predicted molar refractivity (Wildman–Crippen MR) is 103 cm³/mol. The number of nitrogens with one attached hydrogen (secondary N) is 2. The molecule has 2 aromatic carbocycles. The van der Waals surface area contributed by atoms with Crippen molar-refractivity contribution in [2.75, 3.05) is 17.1 Å². The number of aromatic nitrogens is 1. The second-order valence-corrected chi connectivity index (χ2v) is 7.39. The Hall–Kier alpha value is -3.06. The standard InChI is InChI=1S/C19H19N3O3S/c1-14-4-3-5-15(12-14)21-19-11-6-16(13-20-19)22-26(23,24)18-9-7-17(25-2)8-10-18/h3-13,22H,1-2H3,(H,20,21). The van der Waals surface area contributed by atoms with Gasteiger partial charge in [0.25, 0.3) is 10.0 Å². The van der Waals surface area contributed by atoms with Crippen LogP contribution in [0.1, 0.15) is 5.56 Å². The van der Waals surface area contributed by atoms with Crippen LogP contribution in [0.25, 0.3) is 0 Å². The number of methoxy groups -OCH3 is 1. The van der Waals surface area contributed by atoms with Gasteiger partial charge >= 0.3 is 0 Å². The molecule has 0 amide bonds. The van der Waals surface area contributed by atoms with Crippen molar-refractivity contribution < 1.29 is 13.2 Å². The molecular formula is C19H19N3O3S. The minimum atomic E-state index is -3.68. The van der Waals surface area contributed by atoms with Crippen molar-refractivity contribution in [2.24, 2.45) is 0 Å². The molecule has 26 heavy (non-hydrogen) atoms. The van der Waals surface area contributed by atoms with E-state index in [1.165, 1.54) is 25.4 Å². The number of nitrogens with zero attached hydrogens (tertiary/aromatic N) is 1. The lowest BCUT2D eigenvalue weighted by Crippen LogP contribution is -2.13. The Morgan fingerprint density at radius 3 is 2.35 bits per heavy atom. The van der Waals surface area contributed by atoms with E-state index in [1.807, 2.05) is 31.2 Å². The number of pyridine rings is 1. The Morgan fingerprint density at radius 2 is 1.73 bits per heavy atom. The van der Waals surface area contributed by atoms with Gasteiger partial charge in [-0.05, 0) is 61.0 Å². The summed E-state index contributed by atoms with van der Waals surface area (Å²) in [5.41, 5.74) is 2.44. The fourth-order valence-electron chi connectivity index (χ4n) is 2.37. The van der Waals surface area contributed by atoms with E-state index >= 15 is 0 Å². The van der Waals surface area contributed by atoms with E-state index < -0.39 is 10.0 Å². The number of rotatable bonds is 6. The highest BCUT2D eigenvalue weighted by Gasteiger charge is 2.14. The number of hydrogen-bond donors (Lipinski definition) is 2. The lowest BCUT2D eigenvalue weighted by Gasteiger charge is -2.10. The van der Waals surface area contributed by atoms with Crippen molar-refractivity contribution in [1.29, 1.82) is 0 Å². The van der Waals surface area contributed by atoms with Crippen molar-refractivity contribution in [1.82, 2.24) is 4.98 Å². The van der Waals surface area contributed by atoms with E-state index in [0.29, 0.717) is 17.3 Å². The molecule has 0 saturated heterocycles. The maximum absolute atomic E-state index is 12.4. The summed E-state index contributed by atoms with van der Waals surface area (Å²) in [5, 5.41) is 3.18. The largest absolute Gasteiger partial charge is 0.497 e. The fourth-order valence-corrected chi connectivity index (χ4v) is 3.41. The third kappa shape index (κ3) is 4.31. The molecule has 0 aliphatic heterocycles. The van der Waals surface area contributed by atoms with E-state index in [1.54, 1.807) is 24.3 Å². The van der Waals surface area contributed by atoms with Gasteiger partial charge in [0.1, 0.15) is 11.6 Å². The molecule has 6 nitrogen and oxygen atoms in total. The molecule has 7 heteroatoms. The zero-order valence-electron chi connectivity index (χ0n) is 14.4. The average Bonchev–Trinajstić information content (AvgIpc) is 2.63. The van der Waals surface area contributed by atoms with Crippen molar-refractivity contribution >= 4 is 27.2 Å². The minimum absolute atomic E-state index is 0.153. The summed E-state index contributed by atoms with van der Waals surface area (Å²) in [5.74, 6) is 1.22. The second-order valence-electron chi connectivity index (χ2n) is 5.71. The summed E-state index contributed by atoms with van der Waals surface area (Å²) in [6.07, 6.45) is 1.47. The predicted octanol–water partition coefficient (Wildman–Crippen LogP) is 3.94. The zero-order valence-corrected chi connectivity index (χ0v) is 15.2. The molecule has 0 unspecified atom stereocenters. The molecule has 3 aromatic rings. The molecule has 0 aliphatic carbocycles. The highest BCUT2D eigenvalue weighted by molar-refractivity contribution is 7.92. The Morgan fingerprint density at radius 1 is 0.962 bits per heavy atom. The Bertz CT molecular complexity index is 985. The first-order valence-corrected chi connectivity index (χ1v) is 9.41. The van der Waals surface area contributed by atoms with Gasteiger partial charge in [-0.25, -0.2) is 13.4 Å². The molecule has 0 radical (unpaired) electrons. The van der Waals surface area contributed by atoms with Crippen LogP contribution in [0, 0.1) is 6.92 Å². The van der Waals surface area contributed by atoms with Gasteiger partial charge in [0.2, 0.25) is 0 Å². The van der Waals surface area contributed by atoms with Gasteiger partial charge in [0, 0.05) is 5.69 Å². The van der Waals surface area contributed by atoms with Crippen molar-refractivity contribution in [3.8, 4) is 5.75 Å². The van der Waals surface area contributed by atoms with Crippen LogP contribution in [0.4, 0.5) is 17.2 Å². The van der Waals surface area contributed by atoms with Crippen LogP contribution in [0.3, 0.4) is 0 Å². The maximum atomic E-state index is 12.4. The average molecular weight is 369 g/mol. The first-order chi connectivity index (χ1) is 12.5. The lowest BCUT2D eigenvalue weighted by atomic mass is 10.2. The maximum Gasteiger partial charge on any atom is 0.261 e. The number of sulfonamides is 1. The molecule has 3 rings (SSSR count). The third-order valence-electron chi connectivity index (χ3n) is 3.68. The molecule has 0 spiro atoms. The first kappa shape index (κ1) is 17.8. The number of ether oxygens (including phenoxy) is 1. The SMILES string of the molecule is COc1ccc(S(=O)(=O)Nc2ccc(Nc3cccc(C)c3)nc2)cc1. The third-order valence-corrected chi connectivity index (χ3v) is 5.07. The zero-order chi connectivity index (χ0) is 18.6. The summed E-state index contributed by atoms with van der Waals surface area (Å²) >= 11 is 0. The summed E-state index contributed by atoms with van der Waals surface area (Å²) in [6.45, 7) is 2.01. The quantitative estimate of drug-likeness (QED) is 0.688. The van der Waals surface area contributed by atoms with Crippen LogP contribution in [-0.2, 0) is 10.0 Å². The summed E-state index contributed by atoms with van der Waals surface area (Å²) < 4.78 is 32.4. The van der Waals surface area contributed by atoms with Crippen LogP contribution < -0.4 is 14.8 Å². The number of aryl methyl sites for hydroxylation is 1. The molecule has 1 heterocycles. The molecular weight excluding hydrogens is 350 g/mol. The van der Waals surface area contributed by atoms with E-state index in [0.717, 1.165) is 11.3 Å². The minimum Gasteiger partial charge on any atom is -0.497 e. The molecule has 0 fully saturated rings. The van der Waals surface area contributed by atoms with E-state index in [-0.39, 0.29) is 4.90 Å². The van der Waals surface area contributed by atoms with Crippen LogP contribution >= 0.6 is 0 Å². The Balaban J connectivity index is 1.71. The molecule has 2 N–H and O–H groups in total. The summed E-state index contributed by atoms with van der Waals surface area (Å²) in [7, 11) is -2.15. The Labute approximate surface area is 152 Å². The monoisotopic (exact) mass is 369 g/mol. The molecule has 0 atom stereocenters. The van der Waals surface area contributed by atoms with Gasteiger partial charge in [-0.2, -0.15) is 0 Å². The van der Waals surface area contributed by atoms with E-state index in [2.05, 4.69) is 15.0 Å². The smallest absolute Gasteiger partial charge is 0.261 e. The van der Waals surface area contributed by atoms with Crippen LogP contribution in [0.2, 0.25) is 0 Å². The Kier molecular flexibility index (Phi) is 5.09. The normalized spacial score (nSPS) is 11.0. The molecule has 0 aliphatic rings. The van der Waals surface area contributed by atoms with Crippen molar-refractivity contribution in [2.45, 2.75) is 11.8 Å². The van der Waals surface area contributed by atoms with Gasteiger partial charge in [-0.3, -0.25) is 4.72 Å². The van der Waals surface area contributed by atoms with Gasteiger partial charge in [0.15, 0.2) is 0 Å².